The van der Waals surface area contributed by atoms with E-state index in [1.54, 1.807) is 48.0 Å². The van der Waals surface area contributed by atoms with Crippen LogP contribution in [0.2, 0.25) is 25.7 Å². The lowest BCUT2D eigenvalue weighted by Crippen LogP contribution is -2.27. The fourth-order valence-corrected chi connectivity index (χ4v) is 5.05. The van der Waals surface area contributed by atoms with Gasteiger partial charge in [-0.2, -0.15) is 13.2 Å². The van der Waals surface area contributed by atoms with Crippen LogP contribution in [0.3, 0.4) is 0 Å². The van der Waals surface area contributed by atoms with Gasteiger partial charge in [-0.1, -0.05) is 43.9 Å². The Morgan fingerprint density at radius 3 is 2.36 bits per heavy atom. The fourth-order valence-electron chi connectivity index (χ4n) is 3.48. The molecule has 0 saturated heterocycles. The quantitative estimate of drug-likeness (QED) is 0.223. The molecule has 36 heavy (non-hydrogen) atoms. The molecular formula is C25H32F3N3O3SSi. The lowest BCUT2D eigenvalue weighted by Gasteiger charge is -2.19. The van der Waals surface area contributed by atoms with Gasteiger partial charge in [-0.3, -0.25) is 4.31 Å². The molecule has 0 bridgehead atoms. The zero-order chi connectivity index (χ0) is 26.7. The van der Waals surface area contributed by atoms with Crippen molar-refractivity contribution in [3.8, 4) is 22.6 Å². The minimum absolute atomic E-state index is 0.0486. The third-order valence-electron chi connectivity index (χ3n) is 5.74. The maximum absolute atomic E-state index is 13.3. The molecule has 0 fully saturated rings. The number of sulfonamides is 1. The molecular weight excluding hydrogens is 507 g/mol. The van der Waals surface area contributed by atoms with Gasteiger partial charge in [0.1, 0.15) is 12.6 Å². The number of anilines is 1. The molecule has 0 spiro atoms. The Morgan fingerprint density at radius 2 is 1.72 bits per heavy atom. The van der Waals surface area contributed by atoms with Crippen LogP contribution in [0.4, 0.5) is 18.9 Å². The smallest absolute Gasteiger partial charge is 0.361 e. The Bertz CT molecular complexity index is 1300. The van der Waals surface area contributed by atoms with Gasteiger partial charge in [0.05, 0.1) is 22.7 Å². The number of alkyl halides is 3. The van der Waals surface area contributed by atoms with Gasteiger partial charge in [0.2, 0.25) is 10.0 Å². The number of imidazole rings is 1. The van der Waals surface area contributed by atoms with E-state index in [9.17, 15) is 21.6 Å². The lowest BCUT2D eigenvalue weighted by molar-refractivity contribution is -0.137. The summed E-state index contributed by atoms with van der Waals surface area (Å²) >= 11 is 0. The van der Waals surface area contributed by atoms with Crippen LogP contribution >= 0.6 is 0 Å². The SMILES string of the molecule is CCS(=O)(=O)N(C)c1cccc(-c2nc(-c3cccc(C(F)(F)F)c3)cn2COCC[Si](C)(C)C)c1. The second-order valence-corrected chi connectivity index (χ2v) is 17.7. The van der Waals surface area contributed by atoms with Gasteiger partial charge >= 0.3 is 6.18 Å². The highest BCUT2D eigenvalue weighted by molar-refractivity contribution is 7.92. The first-order chi connectivity index (χ1) is 16.7. The molecule has 0 aliphatic heterocycles. The molecule has 0 atom stereocenters. The van der Waals surface area contributed by atoms with Crippen LogP contribution in [0.25, 0.3) is 22.6 Å². The zero-order valence-corrected chi connectivity index (χ0v) is 22.9. The number of ether oxygens (including phenoxy) is 1. The van der Waals surface area contributed by atoms with E-state index in [2.05, 4.69) is 24.6 Å². The number of hydrogen-bond acceptors (Lipinski definition) is 4. The monoisotopic (exact) mass is 539 g/mol. The van der Waals surface area contributed by atoms with E-state index >= 15 is 0 Å². The number of aromatic nitrogens is 2. The molecule has 11 heteroatoms. The predicted molar refractivity (Wildman–Crippen MR) is 140 cm³/mol. The van der Waals surface area contributed by atoms with Gasteiger partial charge in [-0.15, -0.1) is 0 Å². The summed E-state index contributed by atoms with van der Waals surface area (Å²) in [5.41, 5.74) is 1.02. The van der Waals surface area contributed by atoms with Crippen molar-refractivity contribution in [2.45, 2.75) is 45.5 Å². The maximum atomic E-state index is 13.3. The summed E-state index contributed by atoms with van der Waals surface area (Å²) in [6.07, 6.45) is -2.80. The Balaban J connectivity index is 2.02. The van der Waals surface area contributed by atoms with Crippen molar-refractivity contribution < 1.29 is 26.3 Å². The minimum Gasteiger partial charge on any atom is -0.361 e. The van der Waals surface area contributed by atoms with E-state index < -0.39 is 29.8 Å². The Labute approximate surface area is 211 Å². The van der Waals surface area contributed by atoms with Crippen LogP contribution in [0.5, 0.6) is 0 Å². The van der Waals surface area contributed by atoms with E-state index in [-0.39, 0.29) is 12.5 Å². The fraction of sp³-hybridized carbons (Fsp3) is 0.400. The third-order valence-corrected chi connectivity index (χ3v) is 9.22. The van der Waals surface area contributed by atoms with Crippen LogP contribution in [0.15, 0.2) is 54.7 Å². The number of halogens is 3. The molecule has 0 aliphatic rings. The summed E-state index contributed by atoms with van der Waals surface area (Å²) in [6, 6.07) is 12.9. The Morgan fingerprint density at radius 1 is 1.06 bits per heavy atom. The van der Waals surface area contributed by atoms with Gasteiger partial charge in [0.25, 0.3) is 0 Å². The van der Waals surface area contributed by atoms with Crippen LogP contribution in [-0.2, 0) is 27.7 Å². The first-order valence-electron chi connectivity index (χ1n) is 11.6. The van der Waals surface area contributed by atoms with E-state index in [0.717, 1.165) is 18.2 Å². The molecule has 6 nitrogen and oxygen atoms in total. The maximum Gasteiger partial charge on any atom is 0.416 e. The summed E-state index contributed by atoms with van der Waals surface area (Å²) in [5.74, 6) is 0.423. The summed E-state index contributed by atoms with van der Waals surface area (Å²) in [4.78, 5) is 4.64. The van der Waals surface area contributed by atoms with Gasteiger partial charge in [0, 0.05) is 39.1 Å². The molecule has 3 rings (SSSR count). The normalized spacial score (nSPS) is 12.7. The van der Waals surface area contributed by atoms with Crippen molar-refractivity contribution in [1.29, 1.82) is 0 Å². The first kappa shape index (κ1) is 27.9. The molecule has 196 valence electrons. The summed E-state index contributed by atoms with van der Waals surface area (Å²) in [6.45, 7) is 9.04. The second-order valence-electron chi connectivity index (χ2n) is 9.76. The highest BCUT2D eigenvalue weighted by Gasteiger charge is 2.30. The molecule has 0 saturated carbocycles. The molecule has 1 heterocycles. The topological polar surface area (TPSA) is 64.4 Å². The number of rotatable bonds is 10. The average Bonchev–Trinajstić information content (AvgIpc) is 3.24. The van der Waals surface area contributed by atoms with Gasteiger partial charge < -0.3 is 9.30 Å². The highest BCUT2D eigenvalue weighted by Crippen LogP contribution is 2.33. The van der Waals surface area contributed by atoms with Crippen LogP contribution < -0.4 is 4.31 Å². The summed E-state index contributed by atoms with van der Waals surface area (Å²) in [5, 5.41) is 0. The van der Waals surface area contributed by atoms with Crippen molar-refractivity contribution in [2.75, 3.05) is 23.7 Å². The van der Waals surface area contributed by atoms with Crippen molar-refractivity contribution >= 4 is 23.8 Å². The zero-order valence-electron chi connectivity index (χ0n) is 21.1. The van der Waals surface area contributed by atoms with Crippen molar-refractivity contribution in [1.82, 2.24) is 9.55 Å². The Kier molecular flexibility index (Phi) is 8.36. The van der Waals surface area contributed by atoms with Gasteiger partial charge in [0.15, 0.2) is 0 Å². The molecule has 3 aromatic rings. The van der Waals surface area contributed by atoms with Crippen LogP contribution in [-0.4, -0.2) is 45.5 Å². The molecule has 0 amide bonds. The van der Waals surface area contributed by atoms with E-state index in [1.165, 1.54) is 17.4 Å². The van der Waals surface area contributed by atoms with Gasteiger partial charge in [-0.05, 0) is 37.2 Å². The van der Waals surface area contributed by atoms with Gasteiger partial charge in [-0.25, -0.2) is 13.4 Å². The second kappa shape index (κ2) is 10.8. The number of benzene rings is 2. The largest absolute Gasteiger partial charge is 0.416 e. The predicted octanol–water partition coefficient (Wildman–Crippen LogP) is 6.33. The summed E-state index contributed by atoms with van der Waals surface area (Å²) < 4.78 is 73.4. The van der Waals surface area contributed by atoms with E-state index in [4.69, 9.17) is 4.74 Å². The molecule has 0 radical (unpaired) electrons. The van der Waals surface area contributed by atoms with Crippen molar-refractivity contribution in [3.05, 3.63) is 60.3 Å². The van der Waals surface area contributed by atoms with Crippen molar-refractivity contribution in [3.63, 3.8) is 0 Å². The highest BCUT2D eigenvalue weighted by atomic mass is 32.2. The summed E-state index contributed by atoms with van der Waals surface area (Å²) in [7, 11) is -3.29. The minimum atomic E-state index is -4.47. The van der Waals surface area contributed by atoms with Crippen LogP contribution in [0.1, 0.15) is 12.5 Å². The first-order valence-corrected chi connectivity index (χ1v) is 16.9. The molecule has 1 aromatic heterocycles. The molecule has 0 unspecified atom stereocenters. The standard InChI is InChI=1S/C25H32F3N3O3SSi/c1-6-35(32,33)30(2)22-12-8-10-20(16-22)24-29-23(17-31(24)18-34-13-14-36(3,4)5)19-9-7-11-21(15-19)25(26,27)28/h7-12,15-17H,6,13-14,18H2,1-5H3. The Hall–Kier alpha value is -2.63. The van der Waals surface area contributed by atoms with Crippen molar-refractivity contribution in [2.24, 2.45) is 0 Å². The number of nitrogens with zero attached hydrogens (tertiary/aromatic N) is 3. The van der Waals surface area contributed by atoms with Crippen LogP contribution in [0, 0.1) is 0 Å². The lowest BCUT2D eigenvalue weighted by atomic mass is 10.1. The van der Waals surface area contributed by atoms with E-state index in [0.29, 0.717) is 34.9 Å². The average molecular weight is 540 g/mol. The number of hydrogen-bond donors (Lipinski definition) is 0. The molecule has 2 aromatic carbocycles. The molecule has 0 aliphatic carbocycles. The third kappa shape index (κ3) is 6.98. The molecule has 0 N–H and O–H groups in total. The van der Waals surface area contributed by atoms with E-state index in [1.807, 2.05) is 0 Å².